The topological polar surface area (TPSA) is 38.3 Å². The molecule has 0 heterocycles. The minimum absolute atomic E-state index is 0.0381. The number of carbonyl (C=O) groups is 1. The highest BCUT2D eigenvalue weighted by atomic mass is 79.9. The quantitative estimate of drug-likeness (QED) is 0.872. The second-order valence-electron chi connectivity index (χ2n) is 4.38. The summed E-state index contributed by atoms with van der Waals surface area (Å²) in [7, 11) is 1.61. The number of carbonyl (C=O) groups excluding carboxylic acids is 1. The standard InChI is InChI=1S/C13H16BrNO2/c1-15-17-13(16)11-3-2-10(8-11)9-4-6-12(14)7-5-9/h4-7,10-11,15H,2-3,8H2,1H3. The van der Waals surface area contributed by atoms with Crippen molar-refractivity contribution in [1.82, 2.24) is 5.48 Å². The summed E-state index contributed by atoms with van der Waals surface area (Å²) in [6, 6.07) is 8.35. The predicted molar refractivity (Wildman–Crippen MR) is 69.4 cm³/mol. The van der Waals surface area contributed by atoms with E-state index >= 15 is 0 Å². The smallest absolute Gasteiger partial charge is 0.327 e. The maximum atomic E-state index is 11.6. The van der Waals surface area contributed by atoms with Crippen LogP contribution in [0.1, 0.15) is 30.7 Å². The summed E-state index contributed by atoms with van der Waals surface area (Å²) in [5.74, 6) is 0.390. The predicted octanol–water partition coefficient (Wildman–Crippen LogP) is 3.01. The van der Waals surface area contributed by atoms with Crippen LogP contribution in [0.15, 0.2) is 28.7 Å². The molecule has 0 aromatic heterocycles. The summed E-state index contributed by atoms with van der Waals surface area (Å²) < 4.78 is 1.09. The van der Waals surface area contributed by atoms with Crippen molar-refractivity contribution in [1.29, 1.82) is 0 Å². The van der Waals surface area contributed by atoms with Gasteiger partial charge in [0.15, 0.2) is 0 Å². The third kappa shape index (κ3) is 3.07. The lowest BCUT2D eigenvalue weighted by Gasteiger charge is -2.11. The van der Waals surface area contributed by atoms with E-state index < -0.39 is 0 Å². The fraction of sp³-hybridized carbons (Fsp3) is 0.462. The number of benzene rings is 1. The normalized spacial score (nSPS) is 23.6. The average Bonchev–Trinajstić information content (AvgIpc) is 2.80. The Morgan fingerprint density at radius 1 is 1.35 bits per heavy atom. The van der Waals surface area contributed by atoms with E-state index in [1.165, 1.54) is 5.56 Å². The van der Waals surface area contributed by atoms with Crippen LogP contribution in [-0.2, 0) is 9.63 Å². The lowest BCUT2D eigenvalue weighted by Crippen LogP contribution is -2.21. The van der Waals surface area contributed by atoms with Crippen LogP contribution >= 0.6 is 15.9 Å². The van der Waals surface area contributed by atoms with Crippen molar-refractivity contribution < 1.29 is 9.63 Å². The van der Waals surface area contributed by atoms with Crippen molar-refractivity contribution in [2.75, 3.05) is 7.05 Å². The van der Waals surface area contributed by atoms with E-state index in [2.05, 4.69) is 45.7 Å². The van der Waals surface area contributed by atoms with Gasteiger partial charge in [0, 0.05) is 11.5 Å². The Morgan fingerprint density at radius 2 is 2.06 bits per heavy atom. The van der Waals surface area contributed by atoms with Crippen LogP contribution in [0, 0.1) is 5.92 Å². The third-order valence-electron chi connectivity index (χ3n) is 3.31. The van der Waals surface area contributed by atoms with Crippen LogP contribution in [-0.4, -0.2) is 13.0 Å². The zero-order valence-electron chi connectivity index (χ0n) is 9.78. The van der Waals surface area contributed by atoms with Gasteiger partial charge >= 0.3 is 5.97 Å². The molecule has 1 aromatic carbocycles. The minimum Gasteiger partial charge on any atom is -0.371 e. The van der Waals surface area contributed by atoms with Crippen LogP contribution in [0.4, 0.5) is 0 Å². The molecule has 2 atom stereocenters. The Labute approximate surface area is 110 Å². The molecule has 1 fully saturated rings. The zero-order valence-corrected chi connectivity index (χ0v) is 11.4. The maximum Gasteiger partial charge on any atom is 0.327 e. The first-order valence-electron chi connectivity index (χ1n) is 5.83. The molecular weight excluding hydrogens is 282 g/mol. The molecule has 1 aromatic rings. The van der Waals surface area contributed by atoms with Crippen LogP contribution in [0.2, 0.25) is 0 Å². The van der Waals surface area contributed by atoms with Crippen molar-refractivity contribution in [2.24, 2.45) is 5.92 Å². The lowest BCUT2D eigenvalue weighted by atomic mass is 9.96. The van der Waals surface area contributed by atoms with Crippen molar-refractivity contribution in [3.8, 4) is 0 Å². The van der Waals surface area contributed by atoms with E-state index in [1.807, 2.05) is 0 Å². The SMILES string of the molecule is CNOC(=O)C1CCC(c2ccc(Br)cc2)C1. The van der Waals surface area contributed by atoms with E-state index in [-0.39, 0.29) is 11.9 Å². The highest BCUT2D eigenvalue weighted by molar-refractivity contribution is 9.10. The van der Waals surface area contributed by atoms with Gasteiger partial charge in [0.05, 0.1) is 5.92 Å². The molecule has 1 N–H and O–H groups in total. The van der Waals surface area contributed by atoms with Crippen molar-refractivity contribution in [3.05, 3.63) is 34.3 Å². The number of rotatable bonds is 3. The molecule has 0 saturated heterocycles. The first-order valence-corrected chi connectivity index (χ1v) is 6.63. The van der Waals surface area contributed by atoms with E-state index in [9.17, 15) is 4.79 Å². The molecule has 17 heavy (non-hydrogen) atoms. The van der Waals surface area contributed by atoms with Crippen LogP contribution < -0.4 is 5.48 Å². The molecule has 1 saturated carbocycles. The minimum atomic E-state index is -0.132. The summed E-state index contributed by atoms with van der Waals surface area (Å²) in [6.45, 7) is 0. The second kappa shape index (κ2) is 5.65. The zero-order chi connectivity index (χ0) is 12.3. The Morgan fingerprint density at radius 3 is 2.71 bits per heavy atom. The van der Waals surface area contributed by atoms with Gasteiger partial charge in [-0.05, 0) is 42.9 Å². The second-order valence-corrected chi connectivity index (χ2v) is 5.30. The van der Waals surface area contributed by atoms with Crippen LogP contribution in [0.5, 0.6) is 0 Å². The summed E-state index contributed by atoms with van der Waals surface area (Å²) in [5, 5.41) is 0. The van der Waals surface area contributed by atoms with Crippen molar-refractivity contribution in [2.45, 2.75) is 25.2 Å². The summed E-state index contributed by atoms with van der Waals surface area (Å²) >= 11 is 3.43. The molecule has 1 aliphatic carbocycles. The van der Waals surface area contributed by atoms with Crippen molar-refractivity contribution in [3.63, 3.8) is 0 Å². The molecule has 0 radical (unpaired) electrons. The number of hydrogen-bond acceptors (Lipinski definition) is 3. The van der Waals surface area contributed by atoms with Gasteiger partial charge < -0.3 is 4.84 Å². The highest BCUT2D eigenvalue weighted by Gasteiger charge is 2.31. The molecule has 4 heteroatoms. The fourth-order valence-corrected chi connectivity index (χ4v) is 2.68. The largest absolute Gasteiger partial charge is 0.371 e. The molecule has 3 nitrogen and oxygen atoms in total. The third-order valence-corrected chi connectivity index (χ3v) is 3.84. The maximum absolute atomic E-state index is 11.6. The number of hydroxylamine groups is 1. The molecule has 0 aliphatic heterocycles. The van der Waals surface area contributed by atoms with Gasteiger partial charge in [-0.15, -0.1) is 0 Å². The molecule has 2 rings (SSSR count). The van der Waals surface area contributed by atoms with Gasteiger partial charge in [-0.1, -0.05) is 28.1 Å². The summed E-state index contributed by atoms with van der Waals surface area (Å²) in [4.78, 5) is 16.4. The number of halogens is 1. The first kappa shape index (κ1) is 12.6. The number of hydrogen-bond donors (Lipinski definition) is 1. The van der Waals surface area contributed by atoms with Crippen LogP contribution in [0.25, 0.3) is 0 Å². The number of nitrogens with one attached hydrogen (secondary N) is 1. The van der Waals surface area contributed by atoms with E-state index in [1.54, 1.807) is 7.05 Å². The molecular formula is C13H16BrNO2. The van der Waals surface area contributed by atoms with E-state index in [0.29, 0.717) is 5.92 Å². The first-order chi connectivity index (χ1) is 8.20. The van der Waals surface area contributed by atoms with Gasteiger partial charge in [0.1, 0.15) is 0 Å². The Kier molecular flexibility index (Phi) is 4.18. The summed E-state index contributed by atoms with van der Waals surface area (Å²) in [6.07, 6.45) is 2.87. The van der Waals surface area contributed by atoms with Crippen LogP contribution in [0.3, 0.4) is 0 Å². The Balaban J connectivity index is 1.98. The lowest BCUT2D eigenvalue weighted by molar-refractivity contribution is -0.154. The van der Waals surface area contributed by atoms with Gasteiger partial charge in [-0.25, -0.2) is 0 Å². The Hall–Kier alpha value is -0.870. The molecule has 0 spiro atoms. The molecule has 0 amide bonds. The molecule has 2 unspecified atom stereocenters. The molecule has 0 bridgehead atoms. The molecule has 1 aliphatic rings. The van der Waals surface area contributed by atoms with Crippen molar-refractivity contribution >= 4 is 21.9 Å². The molecule has 92 valence electrons. The van der Waals surface area contributed by atoms with E-state index in [4.69, 9.17) is 4.84 Å². The fourth-order valence-electron chi connectivity index (χ4n) is 2.42. The highest BCUT2D eigenvalue weighted by Crippen LogP contribution is 2.38. The average molecular weight is 298 g/mol. The summed E-state index contributed by atoms with van der Waals surface area (Å²) in [5.41, 5.74) is 3.76. The van der Waals surface area contributed by atoms with Gasteiger partial charge in [0.25, 0.3) is 0 Å². The monoisotopic (exact) mass is 297 g/mol. The Bertz CT molecular complexity index is 391. The van der Waals surface area contributed by atoms with Gasteiger partial charge in [-0.3, -0.25) is 4.79 Å². The van der Waals surface area contributed by atoms with E-state index in [0.717, 1.165) is 23.7 Å². The van der Waals surface area contributed by atoms with Gasteiger partial charge in [0.2, 0.25) is 0 Å². The van der Waals surface area contributed by atoms with Gasteiger partial charge in [-0.2, -0.15) is 5.48 Å².